The van der Waals surface area contributed by atoms with Gasteiger partial charge in [0.25, 0.3) is 9.70 Å². The molecule has 0 bridgehead atoms. The van der Waals surface area contributed by atoms with E-state index in [2.05, 4.69) is 18.5 Å². The first kappa shape index (κ1) is 55.1. The highest BCUT2D eigenvalue weighted by atomic mass is 35.6. The number of rotatable bonds is 27. The SMILES string of the molecule is C=CCO[C@H]1O[C@H](COCc2ccc(OC)cc2)[C@@H](O[C@@H]2O[C@H](COCc3ccccc3)[C@H](OCc3ccccc3)[C@H](OCc3ccccc3)[C@H]2NC(=O)C(Cl)(Cl)Cl)[C@H](OCc2ccccc2)[C@@H]1OCC=C. The van der Waals surface area contributed by atoms with E-state index in [1.807, 2.05) is 146 Å². The van der Waals surface area contributed by atoms with Crippen LogP contribution in [-0.4, -0.2) is 105 Å². The molecule has 1 N–H and O–H groups in total. The Morgan fingerprint density at radius 1 is 0.528 bits per heavy atom. The van der Waals surface area contributed by atoms with E-state index in [1.165, 1.54) is 0 Å². The van der Waals surface area contributed by atoms with E-state index < -0.39 is 71.0 Å². The van der Waals surface area contributed by atoms with E-state index in [9.17, 15) is 4.79 Å². The highest BCUT2D eigenvalue weighted by molar-refractivity contribution is 6.76. The van der Waals surface area contributed by atoms with Gasteiger partial charge in [-0.2, -0.15) is 0 Å². The van der Waals surface area contributed by atoms with Gasteiger partial charge in [0.2, 0.25) is 0 Å². The standard InChI is InChI=1S/C56H62Cl3NO12/c1-4-30-65-52-51(69-36-42-24-16-9-17-25-42)49(46(71-54(52)66-31-5-2)38-64-33-43-26-28-44(62-3)29-27-43)72-53-47(60-55(61)56(57,58)59)50(68-35-41-22-14-8-15-23-41)48(67-34-40-20-12-7-13-21-40)45(70-53)37-63-32-39-18-10-6-11-19-39/h4-29,45-54H,1-2,30-38H2,3H3,(H,60,61)/t45-,46-,47-,48+,49-,50-,51+,52+,53+,54+/m1/s1. The maximum atomic E-state index is 14.0. The minimum atomic E-state index is -2.41. The zero-order valence-electron chi connectivity index (χ0n) is 40.1. The van der Waals surface area contributed by atoms with Crippen LogP contribution in [0.15, 0.2) is 171 Å². The summed E-state index contributed by atoms with van der Waals surface area (Å²) >= 11 is 19.0. The molecule has 5 aromatic rings. The van der Waals surface area contributed by atoms with E-state index in [0.29, 0.717) is 5.75 Å². The topological polar surface area (TPSA) is 131 Å². The first-order valence-electron chi connectivity index (χ1n) is 23.7. The molecule has 0 radical (unpaired) electrons. The average molecular weight is 1050 g/mol. The summed E-state index contributed by atoms with van der Waals surface area (Å²) in [5.41, 5.74) is 4.45. The summed E-state index contributed by atoms with van der Waals surface area (Å²) in [5.74, 6) is -0.245. The average Bonchev–Trinajstić information content (AvgIpc) is 3.40. The number of carbonyl (C=O) groups excluding carboxylic acids is 1. The molecule has 1 amide bonds. The molecule has 0 aliphatic carbocycles. The minimum Gasteiger partial charge on any atom is -0.497 e. The smallest absolute Gasteiger partial charge is 0.272 e. The molecule has 0 spiro atoms. The molecule has 10 atom stereocenters. The Bertz CT molecular complexity index is 2350. The van der Waals surface area contributed by atoms with Crippen LogP contribution in [0.5, 0.6) is 5.75 Å². The van der Waals surface area contributed by atoms with Gasteiger partial charge in [0.1, 0.15) is 54.5 Å². The maximum Gasteiger partial charge on any atom is 0.272 e. The zero-order valence-corrected chi connectivity index (χ0v) is 42.4. The summed E-state index contributed by atoms with van der Waals surface area (Å²) < 4.78 is 70.2. The maximum absolute atomic E-state index is 14.0. The fraction of sp³-hybridized carbons (Fsp3) is 0.375. The molecule has 2 aliphatic heterocycles. The third-order valence-corrected chi connectivity index (χ3v) is 12.3. The third kappa shape index (κ3) is 16.4. The van der Waals surface area contributed by atoms with Gasteiger partial charge in [-0.25, -0.2) is 0 Å². The van der Waals surface area contributed by atoms with Crippen LogP contribution in [0, 0.1) is 0 Å². The Hall–Kier alpha value is -4.68. The lowest BCUT2D eigenvalue weighted by atomic mass is 9.94. The number of alkyl halides is 3. The highest BCUT2D eigenvalue weighted by Crippen LogP contribution is 2.37. The van der Waals surface area contributed by atoms with Gasteiger partial charge in [0, 0.05) is 0 Å². The highest BCUT2D eigenvalue weighted by Gasteiger charge is 2.55. The molecule has 13 nitrogen and oxygen atoms in total. The predicted octanol–water partition coefficient (Wildman–Crippen LogP) is 9.65. The summed E-state index contributed by atoms with van der Waals surface area (Å²) in [5, 5.41) is 2.93. The van der Waals surface area contributed by atoms with Gasteiger partial charge in [0.05, 0.1) is 66.6 Å². The number of halogens is 3. The van der Waals surface area contributed by atoms with Crippen LogP contribution in [-0.2, 0) is 85.2 Å². The van der Waals surface area contributed by atoms with Gasteiger partial charge in [-0.05, 0) is 39.9 Å². The van der Waals surface area contributed by atoms with Crippen molar-refractivity contribution in [3.63, 3.8) is 0 Å². The summed E-state index contributed by atoms with van der Waals surface area (Å²) in [7, 11) is 1.61. The monoisotopic (exact) mass is 1050 g/mol. The van der Waals surface area contributed by atoms with Crippen molar-refractivity contribution in [1.29, 1.82) is 0 Å². The quantitative estimate of drug-likeness (QED) is 0.0397. The lowest BCUT2D eigenvalue weighted by molar-refractivity contribution is -0.360. The molecule has 7 rings (SSSR count). The number of hydrogen-bond acceptors (Lipinski definition) is 12. The van der Waals surface area contributed by atoms with E-state index in [1.54, 1.807) is 19.3 Å². The van der Waals surface area contributed by atoms with Crippen LogP contribution in [0.4, 0.5) is 0 Å². The van der Waals surface area contributed by atoms with Crippen LogP contribution < -0.4 is 10.1 Å². The summed E-state index contributed by atoms with van der Waals surface area (Å²) in [6.07, 6.45) is -5.78. The molecule has 16 heteroatoms. The molecule has 5 aromatic carbocycles. The largest absolute Gasteiger partial charge is 0.497 e. The van der Waals surface area contributed by atoms with E-state index in [0.717, 1.165) is 27.8 Å². The molecule has 72 heavy (non-hydrogen) atoms. The molecule has 2 heterocycles. The number of hydrogen-bond donors (Lipinski definition) is 1. The van der Waals surface area contributed by atoms with Crippen molar-refractivity contribution in [2.75, 3.05) is 33.5 Å². The van der Waals surface area contributed by atoms with Gasteiger partial charge in [0.15, 0.2) is 12.6 Å². The molecule has 2 fully saturated rings. The summed E-state index contributed by atoms with van der Waals surface area (Å²) in [4.78, 5) is 14.0. The Morgan fingerprint density at radius 2 is 0.958 bits per heavy atom. The first-order valence-corrected chi connectivity index (χ1v) is 24.8. The van der Waals surface area contributed by atoms with Gasteiger partial charge in [-0.3, -0.25) is 4.79 Å². The van der Waals surface area contributed by atoms with Crippen molar-refractivity contribution in [2.45, 2.75) is 98.2 Å². The molecule has 0 unspecified atom stereocenters. The molecule has 0 aromatic heterocycles. The lowest BCUT2D eigenvalue weighted by Gasteiger charge is -2.50. The van der Waals surface area contributed by atoms with Crippen LogP contribution in [0.2, 0.25) is 0 Å². The normalized spacial score (nSPS) is 24.3. The third-order valence-electron chi connectivity index (χ3n) is 11.8. The number of amides is 1. The number of benzene rings is 5. The summed E-state index contributed by atoms with van der Waals surface area (Å²) in [6.45, 7) is 8.84. The van der Waals surface area contributed by atoms with E-state index >= 15 is 0 Å². The second-order valence-corrected chi connectivity index (χ2v) is 19.3. The number of ether oxygens (including phenoxy) is 11. The minimum absolute atomic E-state index is 0.0105. The molecule has 0 saturated carbocycles. The van der Waals surface area contributed by atoms with Gasteiger partial charge in [-0.15, -0.1) is 13.2 Å². The number of methoxy groups -OCH3 is 1. The molecule has 384 valence electrons. The Kier molecular flexibility index (Phi) is 21.9. The number of carbonyl (C=O) groups is 1. The second kappa shape index (κ2) is 28.7. The van der Waals surface area contributed by atoms with E-state index in [4.69, 9.17) is 86.9 Å². The zero-order chi connectivity index (χ0) is 50.5. The van der Waals surface area contributed by atoms with Gasteiger partial charge < -0.3 is 57.4 Å². The van der Waals surface area contributed by atoms with Crippen LogP contribution >= 0.6 is 34.8 Å². The van der Waals surface area contributed by atoms with Crippen LogP contribution in [0.25, 0.3) is 0 Å². The van der Waals surface area contributed by atoms with Crippen molar-refractivity contribution in [3.8, 4) is 5.75 Å². The molecule has 2 saturated heterocycles. The molecular formula is C56H62Cl3NO12. The van der Waals surface area contributed by atoms with Crippen molar-refractivity contribution in [2.24, 2.45) is 0 Å². The lowest BCUT2D eigenvalue weighted by Crippen LogP contribution is -2.69. The summed E-state index contributed by atoms with van der Waals surface area (Å²) in [6, 6.07) is 45.0. The second-order valence-electron chi connectivity index (χ2n) is 17.0. The van der Waals surface area contributed by atoms with Crippen LogP contribution in [0.3, 0.4) is 0 Å². The molecular weight excluding hydrogens is 985 g/mol. The van der Waals surface area contributed by atoms with Gasteiger partial charge >= 0.3 is 0 Å². The predicted molar refractivity (Wildman–Crippen MR) is 274 cm³/mol. The van der Waals surface area contributed by atoms with E-state index in [-0.39, 0.29) is 59.5 Å². The van der Waals surface area contributed by atoms with Crippen molar-refractivity contribution < 1.29 is 56.9 Å². The van der Waals surface area contributed by atoms with Crippen molar-refractivity contribution >= 4 is 40.7 Å². The fourth-order valence-corrected chi connectivity index (χ4v) is 8.46. The van der Waals surface area contributed by atoms with Crippen molar-refractivity contribution in [1.82, 2.24) is 5.32 Å². The molecule has 2 aliphatic rings. The van der Waals surface area contributed by atoms with Gasteiger partial charge in [-0.1, -0.05) is 180 Å². The van der Waals surface area contributed by atoms with Crippen molar-refractivity contribution in [3.05, 3.63) is 199 Å². The fourth-order valence-electron chi connectivity index (χ4n) is 8.30. The van der Waals surface area contributed by atoms with Crippen LogP contribution in [0.1, 0.15) is 27.8 Å². The Labute approximate surface area is 437 Å². The first-order chi connectivity index (χ1) is 35.1. The Morgan fingerprint density at radius 3 is 1.44 bits per heavy atom. The Balaban J connectivity index is 1.31. The number of nitrogens with one attached hydrogen (secondary N) is 1.